The first-order valence-electron chi connectivity index (χ1n) is 7.21. The third-order valence-electron chi connectivity index (χ3n) is 3.60. The molecule has 0 saturated heterocycles. The van der Waals surface area contributed by atoms with Crippen molar-refractivity contribution in [1.82, 2.24) is 0 Å². The molecule has 2 aromatic carbocycles. The Balaban J connectivity index is 2.12. The molecule has 3 aromatic rings. The SMILES string of the molecule is CNc1cc(-c2ccccc2)sc1S(=O)(=O)c1ccc(C)cc1. The number of benzene rings is 2. The van der Waals surface area contributed by atoms with E-state index in [1.165, 1.54) is 11.3 Å². The fourth-order valence-corrected chi connectivity index (χ4v) is 5.37. The van der Waals surface area contributed by atoms with Gasteiger partial charge in [-0.1, -0.05) is 48.0 Å². The predicted octanol–water partition coefficient (Wildman–Crippen LogP) is 4.60. The quantitative estimate of drug-likeness (QED) is 0.753. The van der Waals surface area contributed by atoms with E-state index in [-0.39, 0.29) is 0 Å². The summed E-state index contributed by atoms with van der Waals surface area (Å²) in [7, 11) is -1.79. The minimum absolute atomic E-state index is 0.320. The summed E-state index contributed by atoms with van der Waals surface area (Å²) in [5, 5.41) is 3.00. The van der Waals surface area contributed by atoms with Gasteiger partial charge in [0.05, 0.1) is 10.6 Å². The molecule has 0 aliphatic rings. The zero-order valence-electron chi connectivity index (χ0n) is 12.9. The van der Waals surface area contributed by atoms with Crippen LogP contribution in [0, 0.1) is 6.92 Å². The van der Waals surface area contributed by atoms with Crippen molar-refractivity contribution in [2.45, 2.75) is 16.0 Å². The van der Waals surface area contributed by atoms with Crippen LogP contribution in [0.15, 0.2) is 69.8 Å². The number of hydrogen-bond donors (Lipinski definition) is 1. The minimum atomic E-state index is -3.53. The maximum Gasteiger partial charge on any atom is 0.218 e. The first kappa shape index (κ1) is 15.8. The highest BCUT2D eigenvalue weighted by molar-refractivity contribution is 7.93. The molecule has 0 unspecified atom stereocenters. The highest BCUT2D eigenvalue weighted by atomic mass is 32.2. The maximum atomic E-state index is 12.9. The van der Waals surface area contributed by atoms with Gasteiger partial charge in [-0.2, -0.15) is 0 Å². The highest BCUT2D eigenvalue weighted by Gasteiger charge is 2.24. The summed E-state index contributed by atoms with van der Waals surface area (Å²) in [4.78, 5) is 1.25. The van der Waals surface area contributed by atoms with Crippen LogP contribution in [0.1, 0.15) is 5.56 Å². The maximum absolute atomic E-state index is 12.9. The lowest BCUT2D eigenvalue weighted by Crippen LogP contribution is -2.02. The second-order valence-corrected chi connectivity index (χ2v) is 8.44. The first-order valence-corrected chi connectivity index (χ1v) is 9.51. The monoisotopic (exact) mass is 343 g/mol. The molecule has 3 nitrogen and oxygen atoms in total. The molecular formula is C18H17NO2S2. The van der Waals surface area contributed by atoms with Crippen molar-refractivity contribution in [3.8, 4) is 10.4 Å². The van der Waals surface area contributed by atoms with Crippen LogP contribution in [0.2, 0.25) is 0 Å². The molecule has 0 saturated carbocycles. The number of aryl methyl sites for hydroxylation is 1. The molecule has 1 heterocycles. The van der Waals surface area contributed by atoms with Gasteiger partial charge in [0, 0.05) is 11.9 Å². The van der Waals surface area contributed by atoms with Crippen molar-refractivity contribution in [3.05, 3.63) is 66.2 Å². The van der Waals surface area contributed by atoms with Gasteiger partial charge in [0.15, 0.2) is 0 Å². The van der Waals surface area contributed by atoms with E-state index in [0.717, 1.165) is 16.0 Å². The van der Waals surface area contributed by atoms with Crippen LogP contribution in [0.3, 0.4) is 0 Å². The van der Waals surface area contributed by atoms with Crippen LogP contribution >= 0.6 is 11.3 Å². The Kier molecular flexibility index (Phi) is 4.24. The van der Waals surface area contributed by atoms with Crippen LogP contribution in [-0.4, -0.2) is 15.5 Å². The Hall–Kier alpha value is -2.11. The summed E-state index contributed by atoms with van der Waals surface area (Å²) in [6.45, 7) is 1.94. The van der Waals surface area contributed by atoms with Crippen molar-refractivity contribution >= 4 is 26.9 Å². The molecule has 23 heavy (non-hydrogen) atoms. The van der Waals surface area contributed by atoms with Gasteiger partial charge in [0.1, 0.15) is 4.21 Å². The number of sulfone groups is 1. The third kappa shape index (κ3) is 3.02. The molecule has 1 aromatic heterocycles. The lowest BCUT2D eigenvalue weighted by Gasteiger charge is -2.05. The molecule has 0 spiro atoms. The van der Waals surface area contributed by atoms with Crippen molar-refractivity contribution in [3.63, 3.8) is 0 Å². The summed E-state index contributed by atoms with van der Waals surface area (Å²) in [6, 6.07) is 18.6. The number of rotatable bonds is 4. The van der Waals surface area contributed by atoms with E-state index in [4.69, 9.17) is 0 Å². The van der Waals surface area contributed by atoms with Crippen molar-refractivity contribution < 1.29 is 8.42 Å². The van der Waals surface area contributed by atoms with E-state index in [0.29, 0.717) is 14.8 Å². The van der Waals surface area contributed by atoms with Crippen molar-refractivity contribution in [2.24, 2.45) is 0 Å². The summed E-state index contributed by atoms with van der Waals surface area (Å²) in [5.74, 6) is 0. The molecule has 0 amide bonds. The minimum Gasteiger partial charge on any atom is -0.386 e. The molecule has 0 aliphatic heterocycles. The zero-order chi connectivity index (χ0) is 16.4. The van der Waals surface area contributed by atoms with Crippen LogP contribution in [0.25, 0.3) is 10.4 Å². The average Bonchev–Trinajstić information content (AvgIpc) is 3.01. The fourth-order valence-electron chi connectivity index (χ4n) is 2.32. The Morgan fingerprint density at radius 2 is 1.61 bits per heavy atom. The Morgan fingerprint density at radius 3 is 2.22 bits per heavy atom. The molecule has 0 bridgehead atoms. The molecule has 118 valence electrons. The van der Waals surface area contributed by atoms with E-state index >= 15 is 0 Å². The van der Waals surface area contributed by atoms with Crippen molar-refractivity contribution in [2.75, 3.05) is 12.4 Å². The van der Waals surface area contributed by atoms with Crippen LogP contribution in [-0.2, 0) is 9.84 Å². The topological polar surface area (TPSA) is 46.2 Å². The molecule has 0 fully saturated rings. The first-order chi connectivity index (χ1) is 11.0. The zero-order valence-corrected chi connectivity index (χ0v) is 14.5. The van der Waals surface area contributed by atoms with Gasteiger partial charge in [-0.05, 0) is 30.7 Å². The molecule has 3 rings (SSSR count). The van der Waals surface area contributed by atoms with E-state index in [1.54, 1.807) is 19.2 Å². The van der Waals surface area contributed by atoms with Crippen LogP contribution in [0.4, 0.5) is 5.69 Å². The van der Waals surface area contributed by atoms with Gasteiger partial charge in [0.25, 0.3) is 0 Å². The third-order valence-corrected chi connectivity index (χ3v) is 7.09. The normalized spacial score (nSPS) is 11.4. The summed E-state index contributed by atoms with van der Waals surface area (Å²) < 4.78 is 26.2. The summed E-state index contributed by atoms with van der Waals surface area (Å²) >= 11 is 1.29. The lowest BCUT2D eigenvalue weighted by atomic mass is 10.2. The molecular weight excluding hydrogens is 326 g/mol. The molecule has 5 heteroatoms. The van der Waals surface area contributed by atoms with E-state index < -0.39 is 9.84 Å². The van der Waals surface area contributed by atoms with E-state index in [9.17, 15) is 8.42 Å². The molecule has 0 aliphatic carbocycles. The number of anilines is 1. The van der Waals surface area contributed by atoms with Gasteiger partial charge in [-0.15, -0.1) is 11.3 Å². The number of hydrogen-bond acceptors (Lipinski definition) is 4. The number of thiophene rings is 1. The summed E-state index contributed by atoms with van der Waals surface area (Å²) in [5.41, 5.74) is 2.68. The Morgan fingerprint density at radius 1 is 0.957 bits per heavy atom. The second kappa shape index (κ2) is 6.18. The summed E-state index contributed by atoms with van der Waals surface area (Å²) in [6.07, 6.45) is 0. The van der Waals surface area contributed by atoms with Gasteiger partial charge < -0.3 is 5.32 Å². The van der Waals surface area contributed by atoms with Gasteiger partial charge in [-0.3, -0.25) is 0 Å². The Bertz CT molecular complexity index is 911. The van der Waals surface area contributed by atoms with Crippen molar-refractivity contribution in [1.29, 1.82) is 0 Å². The second-order valence-electron chi connectivity index (χ2n) is 5.24. The van der Waals surface area contributed by atoms with Crippen LogP contribution < -0.4 is 5.32 Å². The average molecular weight is 343 g/mol. The largest absolute Gasteiger partial charge is 0.386 e. The standard InChI is InChI=1S/C18H17NO2S2/c1-13-8-10-15(11-9-13)23(20,21)18-16(19-2)12-17(22-18)14-6-4-3-5-7-14/h3-12,19H,1-2H3. The fraction of sp³-hybridized carbons (Fsp3) is 0.111. The Labute approximate surface area is 140 Å². The highest BCUT2D eigenvalue weighted by Crippen LogP contribution is 2.40. The van der Waals surface area contributed by atoms with Gasteiger partial charge >= 0.3 is 0 Å². The number of nitrogens with one attached hydrogen (secondary N) is 1. The predicted molar refractivity (Wildman–Crippen MR) is 95.9 cm³/mol. The molecule has 0 atom stereocenters. The van der Waals surface area contributed by atoms with Gasteiger partial charge in [0.2, 0.25) is 9.84 Å². The molecule has 0 radical (unpaired) electrons. The van der Waals surface area contributed by atoms with E-state index in [1.807, 2.05) is 55.5 Å². The van der Waals surface area contributed by atoms with Crippen LogP contribution in [0.5, 0.6) is 0 Å². The lowest BCUT2D eigenvalue weighted by molar-refractivity contribution is 0.598. The molecule has 1 N–H and O–H groups in total. The van der Waals surface area contributed by atoms with Gasteiger partial charge in [-0.25, -0.2) is 8.42 Å². The van der Waals surface area contributed by atoms with E-state index in [2.05, 4.69) is 5.32 Å². The smallest absolute Gasteiger partial charge is 0.218 e.